The van der Waals surface area contributed by atoms with Gasteiger partial charge in [0.1, 0.15) is 0 Å². The van der Waals surface area contributed by atoms with E-state index in [0.717, 1.165) is 5.56 Å². The number of anilines is 1. The maximum atomic E-state index is 12.1. The average Bonchev–Trinajstić information content (AvgIpc) is 2.48. The van der Waals surface area contributed by atoms with Crippen LogP contribution >= 0.6 is 23.2 Å². The Morgan fingerprint density at radius 2 is 1.82 bits per heavy atom. The molecular formula is C16H14Cl2N2O2. The molecule has 0 spiro atoms. The van der Waals surface area contributed by atoms with Crippen molar-refractivity contribution in [1.29, 1.82) is 0 Å². The molecule has 3 N–H and O–H groups in total. The Labute approximate surface area is 138 Å². The number of carbonyl (C=O) groups excluding carboxylic acids is 2. The van der Waals surface area contributed by atoms with Crippen molar-refractivity contribution < 1.29 is 9.59 Å². The summed E-state index contributed by atoms with van der Waals surface area (Å²) in [6.07, 6.45) is 0. The van der Waals surface area contributed by atoms with E-state index in [4.69, 9.17) is 28.9 Å². The maximum absolute atomic E-state index is 12.1. The molecule has 0 saturated heterocycles. The number of amides is 1. The number of hydrogen-bond donors (Lipinski definition) is 2. The predicted octanol–water partition coefficient (Wildman–Crippen LogP) is 3.71. The highest BCUT2D eigenvalue weighted by molar-refractivity contribution is 6.42. The first kappa shape index (κ1) is 16.3. The molecule has 0 radical (unpaired) electrons. The van der Waals surface area contributed by atoms with Crippen LogP contribution in [0.4, 0.5) is 5.69 Å². The Balaban J connectivity index is 2.10. The van der Waals surface area contributed by atoms with Crippen molar-refractivity contribution in [3.05, 3.63) is 63.1 Å². The van der Waals surface area contributed by atoms with E-state index in [-0.39, 0.29) is 11.7 Å². The molecule has 6 heteroatoms. The molecule has 0 fully saturated rings. The summed E-state index contributed by atoms with van der Waals surface area (Å²) in [5.74, 6) is -0.481. The molecule has 0 aliphatic carbocycles. The van der Waals surface area contributed by atoms with E-state index in [1.807, 2.05) is 0 Å². The lowest BCUT2D eigenvalue weighted by atomic mass is 10.1. The number of carbonyl (C=O) groups is 2. The fourth-order valence-electron chi connectivity index (χ4n) is 1.94. The third-order valence-corrected chi connectivity index (χ3v) is 3.87. The van der Waals surface area contributed by atoms with Crippen LogP contribution in [0.2, 0.25) is 10.0 Å². The summed E-state index contributed by atoms with van der Waals surface area (Å²) in [6, 6.07) is 9.74. The molecule has 0 unspecified atom stereocenters. The van der Waals surface area contributed by atoms with Gasteiger partial charge in [0, 0.05) is 23.4 Å². The van der Waals surface area contributed by atoms with Gasteiger partial charge in [-0.15, -0.1) is 0 Å². The zero-order valence-corrected chi connectivity index (χ0v) is 13.3. The van der Waals surface area contributed by atoms with Crippen molar-refractivity contribution in [1.82, 2.24) is 5.32 Å². The van der Waals surface area contributed by atoms with Crippen molar-refractivity contribution in [2.24, 2.45) is 0 Å². The van der Waals surface area contributed by atoms with E-state index in [1.165, 1.54) is 13.0 Å². The largest absolute Gasteiger partial charge is 0.398 e. The Hall–Kier alpha value is -2.04. The molecule has 114 valence electrons. The standard InChI is InChI=1S/C16H14Cl2N2O2/c1-9(21)12-7-11(3-5-15(12)19)16(22)20-8-10-2-4-13(17)14(18)6-10/h2-7H,8,19H2,1H3,(H,20,22). The summed E-state index contributed by atoms with van der Waals surface area (Å²) in [5.41, 5.74) is 7.60. The van der Waals surface area contributed by atoms with E-state index in [0.29, 0.717) is 33.4 Å². The smallest absolute Gasteiger partial charge is 0.251 e. The maximum Gasteiger partial charge on any atom is 0.251 e. The number of nitrogens with one attached hydrogen (secondary N) is 1. The second-order valence-corrected chi connectivity index (χ2v) is 5.60. The van der Waals surface area contributed by atoms with Crippen LogP contribution in [0.5, 0.6) is 0 Å². The number of rotatable bonds is 4. The zero-order valence-electron chi connectivity index (χ0n) is 11.8. The molecule has 0 aliphatic rings. The van der Waals surface area contributed by atoms with E-state index in [9.17, 15) is 9.59 Å². The summed E-state index contributed by atoms with van der Waals surface area (Å²) in [7, 11) is 0. The monoisotopic (exact) mass is 336 g/mol. The zero-order chi connectivity index (χ0) is 16.3. The van der Waals surface area contributed by atoms with Gasteiger partial charge in [0.2, 0.25) is 0 Å². The first-order valence-corrected chi connectivity index (χ1v) is 7.26. The molecule has 2 rings (SSSR count). The Bertz CT molecular complexity index is 745. The first-order valence-electron chi connectivity index (χ1n) is 6.51. The van der Waals surface area contributed by atoms with Gasteiger partial charge in [-0.2, -0.15) is 0 Å². The highest BCUT2D eigenvalue weighted by Crippen LogP contribution is 2.22. The van der Waals surface area contributed by atoms with Crippen LogP contribution in [-0.4, -0.2) is 11.7 Å². The molecule has 0 saturated carbocycles. The summed E-state index contributed by atoms with van der Waals surface area (Å²) >= 11 is 11.8. The van der Waals surface area contributed by atoms with Crippen molar-refractivity contribution in [2.75, 3.05) is 5.73 Å². The van der Waals surface area contributed by atoms with E-state index in [2.05, 4.69) is 5.32 Å². The van der Waals surface area contributed by atoms with E-state index < -0.39 is 0 Å². The minimum absolute atomic E-state index is 0.184. The summed E-state index contributed by atoms with van der Waals surface area (Å²) in [5, 5.41) is 3.64. The molecule has 0 aromatic heterocycles. The van der Waals surface area contributed by atoms with Gasteiger partial charge in [-0.1, -0.05) is 29.3 Å². The fourth-order valence-corrected chi connectivity index (χ4v) is 2.26. The van der Waals surface area contributed by atoms with Gasteiger partial charge in [0.25, 0.3) is 5.91 Å². The van der Waals surface area contributed by atoms with Gasteiger partial charge in [-0.3, -0.25) is 9.59 Å². The van der Waals surface area contributed by atoms with Crippen molar-refractivity contribution in [3.63, 3.8) is 0 Å². The number of halogens is 2. The lowest BCUT2D eigenvalue weighted by Gasteiger charge is -2.08. The quantitative estimate of drug-likeness (QED) is 0.660. The summed E-state index contributed by atoms with van der Waals surface area (Å²) < 4.78 is 0. The molecule has 4 nitrogen and oxygen atoms in total. The van der Waals surface area contributed by atoms with E-state index >= 15 is 0 Å². The molecule has 0 atom stereocenters. The average molecular weight is 337 g/mol. The molecule has 0 bridgehead atoms. The van der Waals surface area contributed by atoms with Gasteiger partial charge in [0.05, 0.1) is 10.0 Å². The molecule has 0 aliphatic heterocycles. The molecule has 0 heterocycles. The molecular weight excluding hydrogens is 323 g/mol. The molecule has 2 aromatic rings. The molecule has 22 heavy (non-hydrogen) atoms. The van der Waals surface area contributed by atoms with Crippen molar-refractivity contribution in [2.45, 2.75) is 13.5 Å². The van der Waals surface area contributed by atoms with E-state index in [1.54, 1.807) is 30.3 Å². The second kappa shape index (κ2) is 6.81. The lowest BCUT2D eigenvalue weighted by molar-refractivity contribution is 0.0951. The van der Waals surface area contributed by atoms with Crippen LogP contribution in [0, 0.1) is 0 Å². The van der Waals surface area contributed by atoms with Gasteiger partial charge in [-0.05, 0) is 42.8 Å². The fraction of sp³-hybridized carbons (Fsp3) is 0.125. The van der Waals surface area contributed by atoms with Crippen LogP contribution in [0.3, 0.4) is 0 Å². The van der Waals surface area contributed by atoms with Crippen LogP contribution in [0.1, 0.15) is 33.2 Å². The predicted molar refractivity (Wildman–Crippen MR) is 88.5 cm³/mol. The molecule has 1 amide bonds. The van der Waals surface area contributed by atoms with Crippen LogP contribution in [0.15, 0.2) is 36.4 Å². The summed E-state index contributed by atoms with van der Waals surface area (Å²) in [6.45, 7) is 1.71. The highest BCUT2D eigenvalue weighted by atomic mass is 35.5. The number of Topliss-reactive ketones (excluding diaryl/α,β-unsaturated/α-hetero) is 1. The second-order valence-electron chi connectivity index (χ2n) is 4.79. The van der Waals surface area contributed by atoms with Crippen LogP contribution in [0.25, 0.3) is 0 Å². The normalized spacial score (nSPS) is 10.3. The highest BCUT2D eigenvalue weighted by Gasteiger charge is 2.11. The third kappa shape index (κ3) is 3.78. The topological polar surface area (TPSA) is 72.2 Å². The minimum atomic E-state index is -0.298. The Kier molecular flexibility index (Phi) is 5.06. The van der Waals surface area contributed by atoms with Gasteiger partial charge < -0.3 is 11.1 Å². The van der Waals surface area contributed by atoms with Crippen molar-refractivity contribution in [3.8, 4) is 0 Å². The Morgan fingerprint density at radius 1 is 1.09 bits per heavy atom. The molecule has 2 aromatic carbocycles. The van der Waals surface area contributed by atoms with Gasteiger partial charge >= 0.3 is 0 Å². The number of benzene rings is 2. The number of nitrogens with two attached hydrogens (primary N) is 1. The van der Waals surface area contributed by atoms with Gasteiger partial charge in [-0.25, -0.2) is 0 Å². The first-order chi connectivity index (χ1) is 10.4. The third-order valence-electron chi connectivity index (χ3n) is 3.13. The number of hydrogen-bond acceptors (Lipinski definition) is 3. The lowest BCUT2D eigenvalue weighted by Crippen LogP contribution is -2.23. The SMILES string of the molecule is CC(=O)c1cc(C(=O)NCc2ccc(Cl)c(Cl)c2)ccc1N. The summed E-state index contributed by atoms with van der Waals surface area (Å²) in [4.78, 5) is 23.6. The minimum Gasteiger partial charge on any atom is -0.398 e. The van der Waals surface area contributed by atoms with Crippen LogP contribution < -0.4 is 11.1 Å². The van der Waals surface area contributed by atoms with Crippen LogP contribution in [-0.2, 0) is 6.54 Å². The van der Waals surface area contributed by atoms with Crippen molar-refractivity contribution >= 4 is 40.6 Å². The number of ketones is 1. The number of nitrogen functional groups attached to an aromatic ring is 1. The van der Waals surface area contributed by atoms with Gasteiger partial charge in [0.15, 0.2) is 5.78 Å². The Morgan fingerprint density at radius 3 is 2.45 bits per heavy atom.